The number of carbonyl (C=O) groups is 3. The average molecular weight is 620 g/mol. The maximum absolute atomic E-state index is 13.6. The first-order valence-electron chi connectivity index (χ1n) is 14.7. The second kappa shape index (κ2) is 14.0. The highest BCUT2D eigenvalue weighted by molar-refractivity contribution is 8.16. The summed E-state index contributed by atoms with van der Waals surface area (Å²) in [6, 6.07) is 14.8. The molecule has 0 radical (unpaired) electrons. The van der Waals surface area contributed by atoms with Crippen molar-refractivity contribution < 1.29 is 33.3 Å². The van der Waals surface area contributed by atoms with Gasteiger partial charge in [-0.05, 0) is 55.4 Å². The van der Waals surface area contributed by atoms with Crippen molar-refractivity contribution in [1.82, 2.24) is 9.80 Å². The van der Waals surface area contributed by atoms with E-state index < -0.39 is 12.0 Å². The number of amides is 1. The molecular weight excluding hydrogens is 582 g/mol. The number of amidine groups is 1. The van der Waals surface area contributed by atoms with Gasteiger partial charge in [-0.25, -0.2) is 9.79 Å². The Bertz CT molecular complexity index is 1500. The number of carbonyl (C=O) groups excluding carboxylic acids is 3. The summed E-state index contributed by atoms with van der Waals surface area (Å²) in [4.78, 5) is 47.5. The van der Waals surface area contributed by atoms with Gasteiger partial charge in [-0.15, -0.1) is 0 Å². The predicted octanol–water partition coefficient (Wildman–Crippen LogP) is 5.21. The fourth-order valence-corrected chi connectivity index (χ4v) is 6.65. The number of thioether (sulfide) groups is 1. The van der Waals surface area contributed by atoms with Crippen molar-refractivity contribution >= 4 is 34.8 Å². The molecule has 11 heteroatoms. The maximum atomic E-state index is 13.6. The van der Waals surface area contributed by atoms with Gasteiger partial charge in [0.1, 0.15) is 6.61 Å². The average Bonchev–Trinajstić information content (AvgIpc) is 3.44. The Hall–Kier alpha value is -4.25. The summed E-state index contributed by atoms with van der Waals surface area (Å²) >= 11 is 1.40. The van der Waals surface area contributed by atoms with E-state index in [-0.39, 0.29) is 24.2 Å². The fourth-order valence-electron chi connectivity index (χ4n) is 5.69. The van der Waals surface area contributed by atoms with E-state index in [0.29, 0.717) is 66.4 Å². The van der Waals surface area contributed by atoms with Crippen LogP contribution in [0.5, 0.6) is 11.5 Å². The lowest BCUT2D eigenvalue weighted by molar-refractivity contribution is -0.151. The van der Waals surface area contributed by atoms with Crippen molar-refractivity contribution in [1.29, 1.82) is 0 Å². The second-order valence-corrected chi connectivity index (χ2v) is 11.5. The van der Waals surface area contributed by atoms with Gasteiger partial charge in [-0.3, -0.25) is 9.59 Å². The van der Waals surface area contributed by atoms with Crippen molar-refractivity contribution in [2.45, 2.75) is 45.8 Å². The molecule has 1 amide bonds. The first-order valence-corrected chi connectivity index (χ1v) is 15.5. The van der Waals surface area contributed by atoms with Gasteiger partial charge in [0.2, 0.25) is 5.91 Å². The molecule has 44 heavy (non-hydrogen) atoms. The molecule has 5 rings (SSSR count). The molecule has 2 atom stereocenters. The monoisotopic (exact) mass is 619 g/mol. The number of nitrogens with zero attached hydrogens (tertiary/aromatic N) is 3. The zero-order chi connectivity index (χ0) is 31.2. The number of allylic oxidation sites excluding steroid dienone is 1. The van der Waals surface area contributed by atoms with Gasteiger partial charge in [0.05, 0.1) is 50.5 Å². The normalized spacial score (nSPS) is 19.5. The quantitative estimate of drug-likeness (QED) is 0.331. The van der Waals surface area contributed by atoms with Crippen molar-refractivity contribution in [3.63, 3.8) is 0 Å². The molecule has 10 nitrogen and oxygen atoms in total. The van der Waals surface area contributed by atoms with E-state index in [0.717, 1.165) is 17.5 Å². The number of hydrogen-bond donors (Lipinski definition) is 0. The molecule has 0 aliphatic carbocycles. The van der Waals surface area contributed by atoms with Crippen LogP contribution in [-0.4, -0.2) is 66.7 Å². The molecule has 0 spiro atoms. The van der Waals surface area contributed by atoms with Gasteiger partial charge in [0.15, 0.2) is 16.7 Å². The minimum Gasteiger partial charge on any atom is -0.493 e. The molecule has 232 valence electrons. The molecule has 3 heterocycles. The SMILES string of the molecule is CCOC(=O)[C@@H]1CCCN(C(=O)CC2=CSC3=NC(C)=C(C(=O)OC)[C@@H](c4ccc(OCc5ccccc5)c(OC)c4)N23)C1. The van der Waals surface area contributed by atoms with Crippen molar-refractivity contribution in [2.24, 2.45) is 10.9 Å². The molecule has 3 aliphatic heterocycles. The number of fused-ring (bicyclic) bond motifs is 1. The van der Waals surface area contributed by atoms with E-state index in [4.69, 9.17) is 23.9 Å². The van der Waals surface area contributed by atoms with E-state index in [1.165, 1.54) is 18.9 Å². The Balaban J connectivity index is 1.42. The van der Waals surface area contributed by atoms with E-state index in [9.17, 15) is 14.4 Å². The van der Waals surface area contributed by atoms with Gasteiger partial charge in [-0.1, -0.05) is 48.2 Å². The summed E-state index contributed by atoms with van der Waals surface area (Å²) < 4.78 is 22.2. The fraction of sp³-hybridized carbons (Fsp3) is 0.394. The molecule has 2 aromatic carbocycles. The van der Waals surface area contributed by atoms with Crippen LogP contribution >= 0.6 is 11.8 Å². The number of methoxy groups -OCH3 is 2. The molecule has 0 saturated carbocycles. The highest BCUT2D eigenvalue weighted by Crippen LogP contribution is 2.46. The molecule has 2 aromatic rings. The Morgan fingerprint density at radius 3 is 2.59 bits per heavy atom. The number of rotatable bonds is 10. The van der Waals surface area contributed by atoms with Crippen molar-refractivity contribution in [3.8, 4) is 11.5 Å². The van der Waals surface area contributed by atoms with Crippen LogP contribution in [0.2, 0.25) is 0 Å². The lowest BCUT2D eigenvalue weighted by atomic mass is 9.93. The van der Waals surface area contributed by atoms with Crippen LogP contribution in [0, 0.1) is 5.92 Å². The van der Waals surface area contributed by atoms with Crippen LogP contribution in [-0.2, 0) is 30.5 Å². The number of likely N-dealkylation sites (tertiary alicyclic amines) is 1. The molecule has 1 saturated heterocycles. The number of esters is 2. The van der Waals surface area contributed by atoms with Gasteiger partial charge in [-0.2, -0.15) is 0 Å². The van der Waals surface area contributed by atoms with Crippen molar-refractivity contribution in [3.05, 3.63) is 82.0 Å². The Kier molecular flexibility index (Phi) is 9.94. The summed E-state index contributed by atoms with van der Waals surface area (Å²) in [5.41, 5.74) is 3.39. The third-order valence-electron chi connectivity index (χ3n) is 7.87. The van der Waals surface area contributed by atoms with Gasteiger partial charge in [0, 0.05) is 18.8 Å². The van der Waals surface area contributed by atoms with Crippen molar-refractivity contribution in [2.75, 3.05) is 33.9 Å². The number of aliphatic imine (C=N–C) groups is 1. The second-order valence-electron chi connectivity index (χ2n) is 10.7. The van der Waals surface area contributed by atoms with Crippen LogP contribution in [0.4, 0.5) is 0 Å². The van der Waals surface area contributed by atoms with Crippen LogP contribution in [0.15, 0.2) is 75.9 Å². The minimum atomic E-state index is -0.616. The summed E-state index contributed by atoms with van der Waals surface area (Å²) in [5.74, 6) is -0.122. The Morgan fingerprint density at radius 2 is 1.86 bits per heavy atom. The van der Waals surface area contributed by atoms with E-state index >= 15 is 0 Å². The first kappa shape index (κ1) is 31.2. The van der Waals surface area contributed by atoms with E-state index in [2.05, 4.69) is 0 Å². The molecular formula is C33H37N3O7S. The molecule has 1 fully saturated rings. The minimum absolute atomic E-state index is 0.0843. The summed E-state index contributed by atoms with van der Waals surface area (Å²) in [6.45, 7) is 5.15. The van der Waals surface area contributed by atoms with Crippen LogP contribution < -0.4 is 9.47 Å². The molecule has 3 aliphatic rings. The van der Waals surface area contributed by atoms with Gasteiger partial charge < -0.3 is 28.7 Å². The van der Waals surface area contributed by atoms with Crippen LogP contribution in [0.1, 0.15) is 50.3 Å². The standard InChI is InChI=1S/C33H37N3O7S/c1-5-42-31(38)24-12-9-15-35(18-24)28(37)17-25-20-44-33-34-21(2)29(32(39)41-4)30(36(25)33)23-13-14-26(27(16-23)40-3)43-19-22-10-7-6-8-11-22/h6-8,10-11,13-14,16,20,24,30H,5,9,12,15,17-19H2,1-4H3/t24-,30-/m1/s1. The predicted molar refractivity (Wildman–Crippen MR) is 167 cm³/mol. The third-order valence-corrected chi connectivity index (χ3v) is 8.76. The number of hydrogen-bond acceptors (Lipinski definition) is 10. The number of benzene rings is 2. The molecule has 0 aromatic heterocycles. The molecule has 0 unspecified atom stereocenters. The lowest BCUT2D eigenvalue weighted by Gasteiger charge is -2.37. The summed E-state index contributed by atoms with van der Waals surface area (Å²) in [5, 5.41) is 2.56. The number of piperidine rings is 1. The van der Waals surface area contributed by atoms with E-state index in [1.807, 2.05) is 58.8 Å². The van der Waals surface area contributed by atoms with Crippen LogP contribution in [0.3, 0.4) is 0 Å². The lowest BCUT2D eigenvalue weighted by Crippen LogP contribution is -2.44. The van der Waals surface area contributed by atoms with E-state index in [1.54, 1.807) is 25.9 Å². The largest absolute Gasteiger partial charge is 0.493 e. The maximum Gasteiger partial charge on any atom is 0.338 e. The summed E-state index contributed by atoms with van der Waals surface area (Å²) in [7, 11) is 2.91. The topological polar surface area (TPSA) is 107 Å². The van der Waals surface area contributed by atoms with Crippen LogP contribution in [0.25, 0.3) is 0 Å². The smallest absolute Gasteiger partial charge is 0.338 e. The summed E-state index contributed by atoms with van der Waals surface area (Å²) in [6.07, 6.45) is 1.52. The third kappa shape index (κ3) is 6.62. The highest BCUT2D eigenvalue weighted by atomic mass is 32.2. The Labute approximate surface area is 261 Å². The zero-order valence-electron chi connectivity index (χ0n) is 25.4. The highest BCUT2D eigenvalue weighted by Gasteiger charge is 2.42. The zero-order valence-corrected chi connectivity index (χ0v) is 26.2. The molecule has 0 N–H and O–H groups in total. The van der Waals surface area contributed by atoms with Gasteiger partial charge >= 0.3 is 11.9 Å². The molecule has 0 bridgehead atoms. The first-order chi connectivity index (χ1) is 21.3. The Morgan fingerprint density at radius 1 is 1.07 bits per heavy atom. The van der Waals surface area contributed by atoms with Gasteiger partial charge in [0.25, 0.3) is 0 Å². The number of ether oxygens (including phenoxy) is 4.